The van der Waals surface area contributed by atoms with E-state index in [0.29, 0.717) is 31.8 Å². The number of amides is 1. The number of sulfonamides is 1. The van der Waals surface area contributed by atoms with Crippen LogP contribution in [0.25, 0.3) is 0 Å². The highest BCUT2D eigenvalue weighted by molar-refractivity contribution is 7.89. The topological polar surface area (TPSA) is 70.8 Å². The van der Waals surface area contributed by atoms with Crippen LogP contribution in [-0.2, 0) is 14.8 Å². The molecule has 0 N–H and O–H groups in total. The van der Waals surface area contributed by atoms with Crippen LogP contribution in [-0.4, -0.2) is 48.4 Å². The van der Waals surface area contributed by atoms with E-state index < -0.39 is 15.3 Å². The van der Waals surface area contributed by atoms with E-state index in [4.69, 9.17) is 4.42 Å². The normalized spacial score (nSPS) is 27.2. The van der Waals surface area contributed by atoms with Gasteiger partial charge in [-0.05, 0) is 37.8 Å². The van der Waals surface area contributed by atoms with Crippen molar-refractivity contribution >= 4 is 15.9 Å². The summed E-state index contributed by atoms with van der Waals surface area (Å²) in [4.78, 5) is 13.2. The van der Waals surface area contributed by atoms with Gasteiger partial charge in [0.15, 0.2) is 0 Å². The Bertz CT molecular complexity index is 626. The molecule has 2 saturated heterocycles. The lowest BCUT2D eigenvalue weighted by Gasteiger charge is -2.35. The SMILES string of the molecule is CC(=O)N1CCC[C@@H](S(=O)(=O)N2CCC[C@@H]2c2ccco2)C1. The van der Waals surface area contributed by atoms with Crippen LogP contribution >= 0.6 is 0 Å². The maximum atomic E-state index is 13.0. The molecule has 7 heteroatoms. The number of likely N-dealkylation sites (tertiary alicyclic amines) is 1. The first kappa shape index (κ1) is 15.6. The van der Waals surface area contributed by atoms with Crippen LogP contribution in [0.1, 0.15) is 44.4 Å². The Morgan fingerprint density at radius 3 is 2.73 bits per heavy atom. The van der Waals surface area contributed by atoms with E-state index >= 15 is 0 Å². The first-order valence-electron chi connectivity index (χ1n) is 7.79. The number of hydrogen-bond acceptors (Lipinski definition) is 4. The molecule has 0 bridgehead atoms. The second kappa shape index (κ2) is 6.04. The van der Waals surface area contributed by atoms with Gasteiger partial charge in [-0.25, -0.2) is 8.42 Å². The maximum absolute atomic E-state index is 13.0. The summed E-state index contributed by atoms with van der Waals surface area (Å²) in [7, 11) is -3.42. The van der Waals surface area contributed by atoms with Crippen molar-refractivity contribution < 1.29 is 17.6 Å². The van der Waals surface area contributed by atoms with Crippen LogP contribution in [0.15, 0.2) is 22.8 Å². The Kier molecular flexibility index (Phi) is 4.27. The summed E-state index contributed by atoms with van der Waals surface area (Å²) in [6.45, 7) is 2.99. The Morgan fingerprint density at radius 1 is 1.27 bits per heavy atom. The zero-order chi connectivity index (χ0) is 15.7. The summed E-state index contributed by atoms with van der Waals surface area (Å²) in [6.07, 6.45) is 4.57. The van der Waals surface area contributed by atoms with Gasteiger partial charge in [0.25, 0.3) is 0 Å². The van der Waals surface area contributed by atoms with Gasteiger partial charge in [-0.15, -0.1) is 0 Å². The van der Waals surface area contributed by atoms with Crippen LogP contribution < -0.4 is 0 Å². The number of furan rings is 1. The zero-order valence-electron chi connectivity index (χ0n) is 12.8. The van der Waals surface area contributed by atoms with Gasteiger partial charge in [0.05, 0.1) is 17.6 Å². The molecule has 2 aliphatic rings. The van der Waals surface area contributed by atoms with Crippen molar-refractivity contribution in [1.82, 2.24) is 9.21 Å². The monoisotopic (exact) mass is 326 g/mol. The summed E-state index contributed by atoms with van der Waals surface area (Å²) in [6, 6.07) is 3.42. The molecule has 1 aromatic heterocycles. The lowest BCUT2D eigenvalue weighted by atomic mass is 10.1. The highest BCUT2D eigenvalue weighted by Crippen LogP contribution is 2.36. The fourth-order valence-electron chi connectivity index (χ4n) is 3.47. The van der Waals surface area contributed by atoms with Crippen molar-refractivity contribution in [2.75, 3.05) is 19.6 Å². The van der Waals surface area contributed by atoms with E-state index in [1.165, 1.54) is 6.92 Å². The van der Waals surface area contributed by atoms with E-state index in [2.05, 4.69) is 0 Å². The van der Waals surface area contributed by atoms with Crippen molar-refractivity contribution in [3.05, 3.63) is 24.2 Å². The minimum atomic E-state index is -3.42. The van der Waals surface area contributed by atoms with E-state index in [0.717, 1.165) is 19.3 Å². The van der Waals surface area contributed by atoms with Gasteiger partial charge in [-0.3, -0.25) is 4.79 Å². The van der Waals surface area contributed by atoms with Gasteiger partial charge in [0, 0.05) is 26.6 Å². The van der Waals surface area contributed by atoms with E-state index in [1.54, 1.807) is 21.5 Å². The minimum absolute atomic E-state index is 0.0519. The molecule has 6 nitrogen and oxygen atoms in total. The van der Waals surface area contributed by atoms with E-state index in [-0.39, 0.29) is 11.9 Å². The second-order valence-corrected chi connectivity index (χ2v) is 8.22. The Hall–Kier alpha value is -1.34. The molecule has 0 saturated carbocycles. The largest absolute Gasteiger partial charge is 0.468 e. The highest BCUT2D eigenvalue weighted by atomic mass is 32.2. The molecule has 2 aliphatic heterocycles. The predicted molar refractivity (Wildman–Crippen MR) is 81.6 cm³/mol. The van der Waals surface area contributed by atoms with Gasteiger partial charge < -0.3 is 9.32 Å². The molecule has 2 fully saturated rings. The van der Waals surface area contributed by atoms with Gasteiger partial charge in [-0.2, -0.15) is 4.31 Å². The maximum Gasteiger partial charge on any atom is 0.219 e. The fraction of sp³-hybridized carbons (Fsp3) is 0.667. The Labute approximate surface area is 131 Å². The molecule has 1 aromatic rings. The molecule has 3 heterocycles. The minimum Gasteiger partial charge on any atom is -0.468 e. The first-order valence-corrected chi connectivity index (χ1v) is 9.30. The van der Waals surface area contributed by atoms with Crippen molar-refractivity contribution in [1.29, 1.82) is 0 Å². The molecule has 0 radical (unpaired) electrons. The number of nitrogens with zero attached hydrogens (tertiary/aromatic N) is 2. The molecule has 0 unspecified atom stereocenters. The number of rotatable bonds is 3. The Balaban J connectivity index is 1.81. The molecule has 22 heavy (non-hydrogen) atoms. The average Bonchev–Trinajstić information content (AvgIpc) is 3.18. The fourth-order valence-corrected chi connectivity index (χ4v) is 5.63. The molecule has 0 spiro atoms. The molecule has 0 aliphatic carbocycles. The third kappa shape index (κ3) is 2.79. The molecular weight excluding hydrogens is 304 g/mol. The van der Waals surface area contributed by atoms with Crippen molar-refractivity contribution in [3.63, 3.8) is 0 Å². The quantitative estimate of drug-likeness (QED) is 0.848. The van der Waals surface area contributed by atoms with Gasteiger partial charge >= 0.3 is 0 Å². The Morgan fingerprint density at radius 2 is 2.05 bits per heavy atom. The summed E-state index contributed by atoms with van der Waals surface area (Å²) < 4.78 is 33.0. The highest BCUT2D eigenvalue weighted by Gasteiger charge is 2.42. The van der Waals surface area contributed by atoms with Gasteiger partial charge in [-0.1, -0.05) is 0 Å². The average molecular weight is 326 g/mol. The van der Waals surface area contributed by atoms with Crippen molar-refractivity contribution in [2.24, 2.45) is 0 Å². The van der Waals surface area contributed by atoms with Gasteiger partial charge in [0.2, 0.25) is 15.9 Å². The van der Waals surface area contributed by atoms with Crippen LogP contribution in [0.3, 0.4) is 0 Å². The smallest absolute Gasteiger partial charge is 0.219 e. The third-order valence-electron chi connectivity index (χ3n) is 4.65. The van der Waals surface area contributed by atoms with E-state index in [9.17, 15) is 13.2 Å². The number of piperidine rings is 1. The lowest BCUT2D eigenvalue weighted by molar-refractivity contribution is -0.129. The van der Waals surface area contributed by atoms with Crippen LogP contribution in [0.2, 0.25) is 0 Å². The lowest BCUT2D eigenvalue weighted by Crippen LogP contribution is -2.48. The second-order valence-electron chi connectivity index (χ2n) is 6.06. The summed E-state index contributed by atoms with van der Waals surface area (Å²) in [5.74, 6) is 0.657. The predicted octanol–water partition coefficient (Wildman–Crippen LogP) is 1.76. The van der Waals surface area contributed by atoms with Crippen molar-refractivity contribution in [2.45, 2.75) is 43.9 Å². The molecule has 122 valence electrons. The zero-order valence-corrected chi connectivity index (χ0v) is 13.6. The van der Waals surface area contributed by atoms with Crippen molar-refractivity contribution in [3.8, 4) is 0 Å². The summed E-state index contributed by atoms with van der Waals surface area (Å²) >= 11 is 0. The molecule has 3 rings (SSSR count). The summed E-state index contributed by atoms with van der Waals surface area (Å²) in [5.41, 5.74) is 0. The molecule has 1 amide bonds. The molecular formula is C15H22N2O4S. The molecule has 0 aromatic carbocycles. The number of carbonyl (C=O) groups is 1. The third-order valence-corrected chi connectivity index (χ3v) is 6.96. The van der Waals surface area contributed by atoms with Gasteiger partial charge in [0.1, 0.15) is 5.76 Å². The van der Waals surface area contributed by atoms with Crippen LogP contribution in [0.4, 0.5) is 0 Å². The van der Waals surface area contributed by atoms with Crippen LogP contribution in [0.5, 0.6) is 0 Å². The standard InChI is InChI=1S/C15H22N2O4S/c1-12(18)16-8-2-5-13(11-16)22(19,20)17-9-3-6-14(17)15-7-4-10-21-15/h4,7,10,13-14H,2-3,5-6,8-9,11H2,1H3/t13-,14-/m1/s1. The van der Waals surface area contributed by atoms with E-state index in [1.807, 2.05) is 6.07 Å². The summed E-state index contributed by atoms with van der Waals surface area (Å²) in [5, 5.41) is -0.499. The first-order chi connectivity index (χ1) is 10.5. The van der Waals surface area contributed by atoms with Crippen LogP contribution in [0, 0.1) is 0 Å². The number of carbonyl (C=O) groups excluding carboxylic acids is 1. The molecule has 2 atom stereocenters. The number of hydrogen-bond donors (Lipinski definition) is 0.